The van der Waals surface area contributed by atoms with Crippen molar-refractivity contribution in [3.8, 4) is 11.5 Å². The van der Waals surface area contributed by atoms with Crippen LogP contribution in [0.25, 0.3) is 0 Å². The van der Waals surface area contributed by atoms with E-state index in [0.29, 0.717) is 31.3 Å². The maximum Gasteiger partial charge on any atom is 0.221 e. The van der Waals surface area contributed by atoms with Gasteiger partial charge in [-0.2, -0.15) is 0 Å². The molecule has 1 aliphatic rings. The maximum atomic E-state index is 12.5. The molecular formula is C19H21NO5S. The zero-order valence-corrected chi connectivity index (χ0v) is 15.3. The molecule has 0 bridgehead atoms. The van der Waals surface area contributed by atoms with Crippen molar-refractivity contribution in [2.45, 2.75) is 24.8 Å². The lowest BCUT2D eigenvalue weighted by atomic mass is 10.1. The number of hydrogen-bond acceptors (Lipinski definition) is 5. The van der Waals surface area contributed by atoms with Crippen LogP contribution in [-0.2, 0) is 21.2 Å². The Bertz CT molecular complexity index is 908. The van der Waals surface area contributed by atoms with E-state index in [2.05, 4.69) is 5.32 Å². The standard InChI is InChI=1S/C19H21NO5S/c1-14-3-2-4-15(11-14)13-20-19(21)7-10-26(22,23)16-5-6-17-18(12-16)25-9-8-24-17/h2-6,11-12H,7-10,13H2,1H3,(H,20,21). The van der Waals surface area contributed by atoms with E-state index in [1.807, 2.05) is 31.2 Å². The molecule has 2 aromatic rings. The van der Waals surface area contributed by atoms with Crippen LogP contribution in [0.1, 0.15) is 17.5 Å². The van der Waals surface area contributed by atoms with Gasteiger partial charge in [-0.3, -0.25) is 4.79 Å². The first-order valence-electron chi connectivity index (χ1n) is 8.39. The second-order valence-electron chi connectivity index (χ2n) is 6.14. The molecule has 1 N–H and O–H groups in total. The van der Waals surface area contributed by atoms with E-state index >= 15 is 0 Å². The number of amides is 1. The molecule has 7 heteroatoms. The normalized spacial score (nSPS) is 13.3. The van der Waals surface area contributed by atoms with E-state index in [9.17, 15) is 13.2 Å². The Balaban J connectivity index is 1.57. The summed E-state index contributed by atoms with van der Waals surface area (Å²) in [6, 6.07) is 12.3. The fourth-order valence-electron chi connectivity index (χ4n) is 2.67. The Morgan fingerprint density at radius 3 is 2.62 bits per heavy atom. The molecule has 0 atom stereocenters. The molecule has 0 radical (unpaired) electrons. The molecule has 26 heavy (non-hydrogen) atoms. The number of fused-ring (bicyclic) bond motifs is 1. The van der Waals surface area contributed by atoms with Crippen LogP contribution in [0.4, 0.5) is 0 Å². The van der Waals surface area contributed by atoms with Crippen molar-refractivity contribution in [1.82, 2.24) is 5.32 Å². The van der Waals surface area contributed by atoms with Crippen molar-refractivity contribution < 1.29 is 22.7 Å². The van der Waals surface area contributed by atoms with Crippen LogP contribution in [-0.4, -0.2) is 33.3 Å². The molecule has 0 saturated carbocycles. The van der Waals surface area contributed by atoms with Gasteiger partial charge in [0.15, 0.2) is 21.3 Å². The summed E-state index contributed by atoms with van der Waals surface area (Å²) in [5.74, 6) is 0.395. The number of nitrogens with one attached hydrogen (secondary N) is 1. The Morgan fingerprint density at radius 2 is 1.85 bits per heavy atom. The first kappa shape index (κ1) is 18.3. The minimum Gasteiger partial charge on any atom is -0.486 e. The SMILES string of the molecule is Cc1cccc(CNC(=O)CCS(=O)(=O)c2ccc3c(c2)OCCO3)c1. The minimum atomic E-state index is -3.57. The van der Waals surface area contributed by atoms with Crippen LogP contribution >= 0.6 is 0 Å². The number of carbonyl (C=O) groups excluding carboxylic acids is 1. The smallest absolute Gasteiger partial charge is 0.221 e. The number of sulfone groups is 1. The van der Waals surface area contributed by atoms with Crippen LogP contribution in [0.2, 0.25) is 0 Å². The largest absolute Gasteiger partial charge is 0.486 e. The van der Waals surface area contributed by atoms with E-state index in [4.69, 9.17) is 9.47 Å². The molecule has 0 spiro atoms. The van der Waals surface area contributed by atoms with Gasteiger partial charge < -0.3 is 14.8 Å². The number of carbonyl (C=O) groups is 1. The summed E-state index contributed by atoms with van der Waals surface area (Å²) in [4.78, 5) is 12.1. The lowest BCUT2D eigenvalue weighted by molar-refractivity contribution is -0.120. The van der Waals surface area contributed by atoms with Crippen LogP contribution in [0.3, 0.4) is 0 Å². The van der Waals surface area contributed by atoms with E-state index < -0.39 is 9.84 Å². The third kappa shape index (κ3) is 4.54. The molecule has 6 nitrogen and oxygen atoms in total. The molecule has 0 aromatic heterocycles. The highest BCUT2D eigenvalue weighted by molar-refractivity contribution is 7.91. The molecule has 0 saturated heterocycles. The van der Waals surface area contributed by atoms with Crippen LogP contribution in [0.15, 0.2) is 47.4 Å². The highest BCUT2D eigenvalue weighted by Crippen LogP contribution is 2.32. The molecule has 0 aliphatic carbocycles. The number of benzene rings is 2. The summed E-state index contributed by atoms with van der Waals surface area (Å²) < 4.78 is 35.7. The van der Waals surface area contributed by atoms with Gasteiger partial charge in [-0.25, -0.2) is 8.42 Å². The molecule has 2 aromatic carbocycles. The van der Waals surface area contributed by atoms with Gasteiger partial charge in [0.1, 0.15) is 13.2 Å². The first-order chi connectivity index (χ1) is 12.4. The van der Waals surface area contributed by atoms with Crippen LogP contribution in [0, 0.1) is 6.92 Å². The van der Waals surface area contributed by atoms with Crippen LogP contribution < -0.4 is 14.8 Å². The van der Waals surface area contributed by atoms with E-state index in [0.717, 1.165) is 11.1 Å². The van der Waals surface area contributed by atoms with E-state index in [1.165, 1.54) is 12.1 Å². The molecule has 3 rings (SSSR count). The Morgan fingerprint density at radius 1 is 1.08 bits per heavy atom. The fourth-order valence-corrected chi connectivity index (χ4v) is 3.92. The third-order valence-corrected chi connectivity index (χ3v) is 5.76. The predicted molar refractivity (Wildman–Crippen MR) is 97.1 cm³/mol. The topological polar surface area (TPSA) is 81.7 Å². The molecule has 1 amide bonds. The highest BCUT2D eigenvalue weighted by atomic mass is 32.2. The monoisotopic (exact) mass is 375 g/mol. The number of rotatable bonds is 6. The Hall–Kier alpha value is -2.54. The van der Waals surface area contributed by atoms with E-state index in [1.54, 1.807) is 6.07 Å². The first-order valence-corrected chi connectivity index (χ1v) is 10.0. The van der Waals surface area contributed by atoms with Crippen molar-refractivity contribution in [1.29, 1.82) is 0 Å². The second-order valence-corrected chi connectivity index (χ2v) is 8.25. The summed E-state index contributed by atoms with van der Waals surface area (Å²) in [6.07, 6.45) is -0.0947. The summed E-state index contributed by atoms with van der Waals surface area (Å²) in [5, 5.41) is 2.75. The maximum absolute atomic E-state index is 12.5. The molecular weight excluding hydrogens is 354 g/mol. The van der Waals surface area contributed by atoms with Gasteiger partial charge >= 0.3 is 0 Å². The minimum absolute atomic E-state index is 0.0947. The Kier molecular flexibility index (Phi) is 5.46. The van der Waals surface area contributed by atoms with Gasteiger partial charge in [-0.05, 0) is 24.6 Å². The quantitative estimate of drug-likeness (QED) is 0.837. The van der Waals surface area contributed by atoms with Crippen LogP contribution in [0.5, 0.6) is 11.5 Å². The van der Waals surface area contributed by atoms with Gasteiger partial charge in [0, 0.05) is 19.0 Å². The highest BCUT2D eigenvalue weighted by Gasteiger charge is 2.20. The zero-order valence-electron chi connectivity index (χ0n) is 14.5. The molecule has 1 aliphatic heterocycles. The van der Waals surface area contributed by atoms with Gasteiger partial charge in [-0.1, -0.05) is 29.8 Å². The molecule has 1 heterocycles. The van der Waals surface area contributed by atoms with Gasteiger partial charge in [0.25, 0.3) is 0 Å². The average molecular weight is 375 g/mol. The van der Waals surface area contributed by atoms with Crippen molar-refractivity contribution in [2.24, 2.45) is 0 Å². The summed E-state index contributed by atoms with van der Waals surface area (Å²) in [7, 11) is -3.57. The second kappa shape index (κ2) is 7.78. The van der Waals surface area contributed by atoms with Crippen molar-refractivity contribution >= 4 is 15.7 Å². The Labute approximate surface area is 153 Å². The summed E-state index contributed by atoms with van der Waals surface area (Å²) in [6.45, 7) is 3.19. The summed E-state index contributed by atoms with van der Waals surface area (Å²) >= 11 is 0. The van der Waals surface area contributed by atoms with Crippen molar-refractivity contribution in [2.75, 3.05) is 19.0 Å². The molecule has 0 fully saturated rings. The number of hydrogen-bond donors (Lipinski definition) is 1. The van der Waals surface area contributed by atoms with Gasteiger partial charge in [-0.15, -0.1) is 0 Å². The zero-order chi connectivity index (χ0) is 18.6. The van der Waals surface area contributed by atoms with E-state index in [-0.39, 0.29) is 23.0 Å². The number of aryl methyl sites for hydroxylation is 1. The lowest BCUT2D eigenvalue weighted by Crippen LogP contribution is -2.25. The molecule has 0 unspecified atom stereocenters. The van der Waals surface area contributed by atoms with Gasteiger partial charge in [0.2, 0.25) is 5.91 Å². The summed E-state index contributed by atoms with van der Waals surface area (Å²) in [5.41, 5.74) is 2.09. The number of ether oxygens (including phenoxy) is 2. The average Bonchev–Trinajstić information content (AvgIpc) is 2.64. The predicted octanol–water partition coefficient (Wildman–Crippen LogP) is 2.25. The van der Waals surface area contributed by atoms with Crippen molar-refractivity contribution in [3.05, 3.63) is 53.6 Å². The van der Waals surface area contributed by atoms with Gasteiger partial charge in [0.05, 0.1) is 10.6 Å². The lowest BCUT2D eigenvalue weighted by Gasteiger charge is -2.18. The fraction of sp³-hybridized carbons (Fsp3) is 0.316. The molecule has 138 valence electrons. The van der Waals surface area contributed by atoms with Crippen molar-refractivity contribution in [3.63, 3.8) is 0 Å². The third-order valence-electron chi connectivity index (χ3n) is 4.04.